The van der Waals surface area contributed by atoms with E-state index in [1.807, 2.05) is 13.8 Å². The maximum atomic E-state index is 12.3. The average Bonchev–Trinajstić information content (AvgIpc) is 2.53. The Morgan fingerprint density at radius 3 is 2.30 bits per heavy atom. The zero-order chi connectivity index (χ0) is 17.5. The van der Waals surface area contributed by atoms with E-state index >= 15 is 0 Å². The van der Waals surface area contributed by atoms with Crippen LogP contribution in [0.5, 0.6) is 0 Å². The van der Waals surface area contributed by atoms with E-state index in [1.54, 1.807) is 25.1 Å². The van der Waals surface area contributed by atoms with E-state index < -0.39 is 15.8 Å². The number of ether oxygens (including phenoxy) is 2. The zero-order valence-electron chi connectivity index (χ0n) is 13.9. The SMILES string of the molecule is COCO[C@@H](C(C)C)[C@@H](C)C(=O)/C=C/S(=O)(=O)c1ccccc1. The van der Waals surface area contributed by atoms with Gasteiger partial charge in [0.05, 0.1) is 11.0 Å². The average molecular weight is 340 g/mol. The Balaban J connectivity index is 2.84. The molecule has 0 saturated heterocycles. The number of methoxy groups -OCH3 is 1. The van der Waals surface area contributed by atoms with Crippen LogP contribution in [0.15, 0.2) is 46.7 Å². The third-order valence-electron chi connectivity index (χ3n) is 3.46. The fourth-order valence-electron chi connectivity index (χ4n) is 2.22. The van der Waals surface area contributed by atoms with Crippen LogP contribution in [0.1, 0.15) is 20.8 Å². The fourth-order valence-corrected chi connectivity index (χ4v) is 3.23. The molecule has 23 heavy (non-hydrogen) atoms. The Morgan fingerprint density at radius 1 is 1.17 bits per heavy atom. The van der Waals surface area contributed by atoms with E-state index in [0.717, 1.165) is 11.5 Å². The first-order valence-electron chi connectivity index (χ1n) is 7.42. The van der Waals surface area contributed by atoms with E-state index in [2.05, 4.69) is 0 Å². The van der Waals surface area contributed by atoms with E-state index in [9.17, 15) is 13.2 Å². The summed E-state index contributed by atoms with van der Waals surface area (Å²) in [4.78, 5) is 12.4. The number of sulfone groups is 1. The Hall–Kier alpha value is -1.50. The molecule has 0 saturated carbocycles. The predicted octanol–water partition coefficient (Wildman–Crippen LogP) is 2.82. The highest BCUT2D eigenvalue weighted by Gasteiger charge is 2.26. The van der Waals surface area contributed by atoms with Crippen molar-refractivity contribution in [2.75, 3.05) is 13.9 Å². The van der Waals surface area contributed by atoms with Crippen LogP contribution in [0.3, 0.4) is 0 Å². The summed E-state index contributed by atoms with van der Waals surface area (Å²) >= 11 is 0. The van der Waals surface area contributed by atoms with Crippen LogP contribution in [0.2, 0.25) is 0 Å². The topological polar surface area (TPSA) is 69.7 Å². The molecule has 0 heterocycles. The van der Waals surface area contributed by atoms with Crippen molar-refractivity contribution in [1.29, 1.82) is 0 Å². The highest BCUT2D eigenvalue weighted by atomic mass is 32.2. The van der Waals surface area contributed by atoms with Crippen molar-refractivity contribution in [1.82, 2.24) is 0 Å². The van der Waals surface area contributed by atoms with Crippen molar-refractivity contribution in [3.05, 3.63) is 41.8 Å². The first-order valence-corrected chi connectivity index (χ1v) is 8.96. The second kappa shape index (κ2) is 8.96. The second-order valence-corrected chi connectivity index (χ2v) is 7.47. The van der Waals surface area contributed by atoms with Gasteiger partial charge in [0.25, 0.3) is 0 Å². The molecule has 0 amide bonds. The summed E-state index contributed by atoms with van der Waals surface area (Å²) in [7, 11) is -2.11. The lowest BCUT2D eigenvalue weighted by atomic mass is 9.91. The van der Waals surface area contributed by atoms with Crippen molar-refractivity contribution in [3.8, 4) is 0 Å². The van der Waals surface area contributed by atoms with Crippen molar-refractivity contribution < 1.29 is 22.7 Å². The molecule has 5 nitrogen and oxygen atoms in total. The normalized spacial score (nSPS) is 15.0. The van der Waals surface area contributed by atoms with E-state index in [4.69, 9.17) is 9.47 Å². The Morgan fingerprint density at radius 2 is 1.78 bits per heavy atom. The van der Waals surface area contributed by atoms with Gasteiger partial charge in [-0.15, -0.1) is 0 Å². The molecule has 1 aromatic carbocycles. The predicted molar refractivity (Wildman–Crippen MR) is 88.5 cm³/mol. The second-order valence-electron chi connectivity index (χ2n) is 5.63. The molecule has 0 fully saturated rings. The van der Waals surface area contributed by atoms with E-state index in [0.29, 0.717) is 0 Å². The molecule has 128 valence electrons. The Bertz CT molecular complexity index is 620. The summed E-state index contributed by atoms with van der Waals surface area (Å²) in [6, 6.07) is 7.99. The van der Waals surface area contributed by atoms with Gasteiger partial charge in [0.2, 0.25) is 0 Å². The molecular formula is C17H24O5S. The fraction of sp³-hybridized carbons (Fsp3) is 0.471. The number of carbonyl (C=O) groups is 1. The molecule has 0 radical (unpaired) electrons. The molecular weight excluding hydrogens is 316 g/mol. The number of benzene rings is 1. The number of rotatable bonds is 9. The molecule has 6 heteroatoms. The summed E-state index contributed by atoms with van der Waals surface area (Å²) in [5.41, 5.74) is 0. The van der Waals surface area contributed by atoms with Gasteiger partial charge < -0.3 is 9.47 Å². The summed E-state index contributed by atoms with van der Waals surface area (Å²) in [6.07, 6.45) is 0.768. The van der Waals surface area contributed by atoms with Gasteiger partial charge in [-0.25, -0.2) is 8.42 Å². The third-order valence-corrected chi connectivity index (χ3v) is 4.88. The molecule has 0 aliphatic heterocycles. The first-order chi connectivity index (χ1) is 10.8. The highest BCUT2D eigenvalue weighted by molar-refractivity contribution is 7.94. The van der Waals surface area contributed by atoms with Crippen molar-refractivity contribution >= 4 is 15.6 Å². The Kier molecular flexibility index (Phi) is 7.61. The molecule has 2 atom stereocenters. The molecule has 0 unspecified atom stereocenters. The smallest absolute Gasteiger partial charge is 0.199 e. The van der Waals surface area contributed by atoms with Crippen molar-refractivity contribution in [2.24, 2.45) is 11.8 Å². The number of hydrogen-bond acceptors (Lipinski definition) is 5. The summed E-state index contributed by atoms with van der Waals surface area (Å²) < 4.78 is 34.7. The van der Waals surface area contributed by atoms with Crippen LogP contribution in [0.25, 0.3) is 0 Å². The van der Waals surface area contributed by atoms with Crippen molar-refractivity contribution in [3.63, 3.8) is 0 Å². The Labute approximate surface area is 138 Å². The molecule has 0 bridgehead atoms. The maximum Gasteiger partial charge on any atom is 0.199 e. The lowest BCUT2D eigenvalue weighted by molar-refractivity contribution is -0.134. The van der Waals surface area contributed by atoms with Crippen LogP contribution in [0, 0.1) is 11.8 Å². The van der Waals surface area contributed by atoms with Crippen LogP contribution < -0.4 is 0 Å². The van der Waals surface area contributed by atoms with Gasteiger partial charge in [-0.1, -0.05) is 39.0 Å². The quantitative estimate of drug-likeness (QED) is 0.511. The lowest BCUT2D eigenvalue weighted by Crippen LogP contribution is -2.32. The minimum Gasteiger partial charge on any atom is -0.359 e. The molecule has 0 aliphatic rings. The molecule has 1 rings (SSSR count). The number of hydrogen-bond donors (Lipinski definition) is 0. The summed E-state index contributed by atoms with van der Waals surface area (Å²) in [5.74, 6) is -0.657. The van der Waals surface area contributed by atoms with Crippen LogP contribution >= 0.6 is 0 Å². The summed E-state index contributed by atoms with van der Waals surface area (Å²) in [5, 5.41) is 0.953. The monoisotopic (exact) mass is 340 g/mol. The first kappa shape index (κ1) is 19.5. The summed E-state index contributed by atoms with van der Waals surface area (Å²) in [6.45, 7) is 5.69. The lowest BCUT2D eigenvalue weighted by Gasteiger charge is -2.25. The van der Waals surface area contributed by atoms with Gasteiger partial charge in [-0.2, -0.15) is 0 Å². The number of carbonyl (C=O) groups excluding carboxylic acids is 1. The van der Waals surface area contributed by atoms with Crippen LogP contribution in [-0.2, 0) is 24.1 Å². The van der Waals surface area contributed by atoms with Gasteiger partial charge in [0.15, 0.2) is 15.6 Å². The number of ketones is 1. The number of allylic oxidation sites excluding steroid dienone is 1. The third kappa shape index (κ3) is 5.89. The van der Waals surface area contributed by atoms with Gasteiger partial charge >= 0.3 is 0 Å². The van der Waals surface area contributed by atoms with Gasteiger partial charge in [0.1, 0.15) is 6.79 Å². The van der Waals surface area contributed by atoms with E-state index in [1.165, 1.54) is 19.2 Å². The zero-order valence-corrected chi connectivity index (χ0v) is 14.7. The molecule has 0 aliphatic carbocycles. The largest absolute Gasteiger partial charge is 0.359 e. The van der Waals surface area contributed by atoms with E-state index in [-0.39, 0.29) is 29.5 Å². The van der Waals surface area contributed by atoms with Crippen LogP contribution in [0.4, 0.5) is 0 Å². The van der Waals surface area contributed by atoms with Crippen molar-refractivity contribution in [2.45, 2.75) is 31.8 Å². The maximum absolute atomic E-state index is 12.3. The highest BCUT2D eigenvalue weighted by Crippen LogP contribution is 2.19. The minimum atomic E-state index is -3.62. The van der Waals surface area contributed by atoms with Gasteiger partial charge in [-0.05, 0) is 24.1 Å². The molecule has 1 aromatic rings. The van der Waals surface area contributed by atoms with Gasteiger partial charge in [0, 0.05) is 18.4 Å². The minimum absolute atomic E-state index is 0.0898. The molecule has 0 aromatic heterocycles. The molecule has 0 spiro atoms. The standard InChI is InChI=1S/C17H24O5S/c1-13(2)17(22-12-21-4)14(3)16(18)10-11-23(19,20)15-8-6-5-7-9-15/h5-11,13-14,17H,12H2,1-4H3/b11-10+/t14-,17-/m0/s1. The van der Waals surface area contributed by atoms with Gasteiger partial charge in [-0.3, -0.25) is 4.79 Å². The van der Waals surface area contributed by atoms with Crippen LogP contribution in [-0.4, -0.2) is 34.2 Å². The molecule has 0 N–H and O–H groups in total.